The summed E-state index contributed by atoms with van der Waals surface area (Å²) < 4.78 is 4.27. The topological polar surface area (TPSA) is 39.8 Å². The first-order valence-electron chi connectivity index (χ1n) is 7.57. The molecule has 1 aliphatic carbocycles. The first-order chi connectivity index (χ1) is 9.85. The lowest BCUT2D eigenvalue weighted by Gasteiger charge is -2.29. The second kappa shape index (κ2) is 4.86. The highest BCUT2D eigenvalue weighted by Gasteiger charge is 2.33. The van der Waals surface area contributed by atoms with Gasteiger partial charge in [-0.2, -0.15) is 5.10 Å². The molecule has 0 saturated heterocycles. The molecular weight excluding hydrogens is 262 g/mol. The van der Waals surface area contributed by atoms with Crippen molar-refractivity contribution in [3.63, 3.8) is 0 Å². The fourth-order valence-electron chi connectivity index (χ4n) is 3.31. The molecule has 0 aromatic carbocycles. The molecule has 0 aliphatic heterocycles. The van der Waals surface area contributed by atoms with E-state index in [1.807, 2.05) is 17.8 Å². The standard InChI is InChI=1S/C17H23N3O/c1-12-10-18-19(11-12)5-6-20-13(2)7-14-15(20)8-17(3,4)9-16(14)21/h7,10-11H,5-6,8-9H2,1-4H3. The zero-order valence-electron chi connectivity index (χ0n) is 13.3. The van der Waals surface area contributed by atoms with Gasteiger partial charge in [0.15, 0.2) is 5.78 Å². The van der Waals surface area contributed by atoms with Gasteiger partial charge in [-0.1, -0.05) is 13.8 Å². The average Bonchev–Trinajstić information content (AvgIpc) is 2.90. The fourth-order valence-corrected chi connectivity index (χ4v) is 3.31. The Balaban J connectivity index is 1.88. The molecule has 0 atom stereocenters. The third kappa shape index (κ3) is 2.67. The molecular formula is C17H23N3O. The summed E-state index contributed by atoms with van der Waals surface area (Å²) in [5.41, 5.74) is 4.56. The molecule has 0 fully saturated rings. The van der Waals surface area contributed by atoms with Gasteiger partial charge in [-0.15, -0.1) is 0 Å². The number of Topliss-reactive ketones (excluding diaryl/α,β-unsaturated/α-hetero) is 1. The van der Waals surface area contributed by atoms with E-state index < -0.39 is 0 Å². The summed E-state index contributed by atoms with van der Waals surface area (Å²) in [5, 5.41) is 4.34. The first kappa shape index (κ1) is 14.1. The number of ketones is 1. The van der Waals surface area contributed by atoms with Gasteiger partial charge >= 0.3 is 0 Å². The van der Waals surface area contributed by atoms with Gasteiger partial charge in [0, 0.05) is 36.1 Å². The molecule has 4 nitrogen and oxygen atoms in total. The highest BCUT2D eigenvalue weighted by molar-refractivity contribution is 5.99. The van der Waals surface area contributed by atoms with E-state index in [4.69, 9.17) is 0 Å². The summed E-state index contributed by atoms with van der Waals surface area (Å²) >= 11 is 0. The van der Waals surface area contributed by atoms with Crippen LogP contribution in [0, 0.1) is 19.3 Å². The van der Waals surface area contributed by atoms with Crippen LogP contribution in [0.3, 0.4) is 0 Å². The van der Waals surface area contributed by atoms with Gasteiger partial charge in [-0.05, 0) is 37.3 Å². The van der Waals surface area contributed by atoms with E-state index in [-0.39, 0.29) is 11.2 Å². The number of fused-ring (bicyclic) bond motifs is 1. The maximum atomic E-state index is 12.3. The summed E-state index contributed by atoms with van der Waals surface area (Å²) in [7, 11) is 0. The Labute approximate surface area is 125 Å². The van der Waals surface area contributed by atoms with Crippen LogP contribution in [0.5, 0.6) is 0 Å². The van der Waals surface area contributed by atoms with E-state index in [2.05, 4.69) is 42.7 Å². The van der Waals surface area contributed by atoms with Crippen molar-refractivity contribution >= 4 is 5.78 Å². The summed E-state index contributed by atoms with van der Waals surface area (Å²) in [6.45, 7) is 10.2. The predicted molar refractivity (Wildman–Crippen MR) is 82.6 cm³/mol. The molecule has 4 heteroatoms. The van der Waals surface area contributed by atoms with Crippen LogP contribution in [-0.2, 0) is 19.5 Å². The molecule has 0 saturated carbocycles. The first-order valence-corrected chi connectivity index (χ1v) is 7.57. The second-order valence-electron chi connectivity index (χ2n) is 7.02. The minimum absolute atomic E-state index is 0.0644. The van der Waals surface area contributed by atoms with Gasteiger partial charge in [0.2, 0.25) is 0 Å². The van der Waals surface area contributed by atoms with Crippen LogP contribution in [0.25, 0.3) is 0 Å². The SMILES string of the molecule is Cc1cnn(CCn2c(C)cc3c2CC(C)(C)CC3=O)c1. The molecule has 3 rings (SSSR count). The van der Waals surface area contributed by atoms with Crippen molar-refractivity contribution in [2.45, 2.75) is 53.6 Å². The molecule has 0 bridgehead atoms. The maximum absolute atomic E-state index is 12.3. The highest BCUT2D eigenvalue weighted by Crippen LogP contribution is 2.36. The minimum atomic E-state index is 0.0644. The number of aryl methyl sites for hydroxylation is 3. The number of rotatable bonds is 3. The number of carbonyl (C=O) groups excluding carboxylic acids is 1. The highest BCUT2D eigenvalue weighted by atomic mass is 16.1. The zero-order chi connectivity index (χ0) is 15.2. The monoisotopic (exact) mass is 285 g/mol. The van der Waals surface area contributed by atoms with Gasteiger partial charge in [0.05, 0.1) is 12.7 Å². The second-order valence-corrected chi connectivity index (χ2v) is 7.02. The summed E-state index contributed by atoms with van der Waals surface area (Å²) in [6, 6.07) is 2.06. The van der Waals surface area contributed by atoms with E-state index >= 15 is 0 Å². The lowest BCUT2D eigenvalue weighted by atomic mass is 9.76. The van der Waals surface area contributed by atoms with Crippen LogP contribution >= 0.6 is 0 Å². The van der Waals surface area contributed by atoms with E-state index in [0.717, 1.165) is 25.1 Å². The third-order valence-corrected chi connectivity index (χ3v) is 4.32. The minimum Gasteiger partial charge on any atom is -0.346 e. The molecule has 0 radical (unpaired) electrons. The number of hydrogen-bond acceptors (Lipinski definition) is 2. The normalized spacial score (nSPS) is 17.0. The van der Waals surface area contributed by atoms with Crippen LogP contribution in [0.2, 0.25) is 0 Å². The lowest BCUT2D eigenvalue weighted by molar-refractivity contribution is 0.0910. The van der Waals surface area contributed by atoms with Crippen molar-refractivity contribution in [2.75, 3.05) is 0 Å². The molecule has 1 aliphatic rings. The number of nitrogens with zero attached hydrogens (tertiary/aromatic N) is 3. The number of aromatic nitrogens is 3. The van der Waals surface area contributed by atoms with Crippen molar-refractivity contribution in [1.29, 1.82) is 0 Å². The molecule has 2 aromatic heterocycles. The molecule has 2 aromatic rings. The number of hydrogen-bond donors (Lipinski definition) is 0. The Morgan fingerprint density at radius 3 is 2.67 bits per heavy atom. The van der Waals surface area contributed by atoms with Gasteiger partial charge in [0.25, 0.3) is 0 Å². The average molecular weight is 285 g/mol. The van der Waals surface area contributed by atoms with E-state index in [0.29, 0.717) is 6.42 Å². The summed E-state index contributed by atoms with van der Waals surface area (Å²) in [6.07, 6.45) is 5.56. The number of carbonyl (C=O) groups is 1. The van der Waals surface area contributed by atoms with E-state index in [1.54, 1.807) is 0 Å². The van der Waals surface area contributed by atoms with Gasteiger partial charge in [0.1, 0.15) is 0 Å². The van der Waals surface area contributed by atoms with Gasteiger partial charge in [-0.3, -0.25) is 9.48 Å². The van der Waals surface area contributed by atoms with Crippen LogP contribution < -0.4 is 0 Å². The van der Waals surface area contributed by atoms with Gasteiger partial charge < -0.3 is 4.57 Å². The lowest BCUT2D eigenvalue weighted by Crippen LogP contribution is -2.28. The molecule has 0 N–H and O–H groups in total. The molecule has 0 amide bonds. The predicted octanol–water partition coefficient (Wildman–Crippen LogP) is 3.16. The van der Waals surface area contributed by atoms with Crippen molar-refractivity contribution in [2.24, 2.45) is 5.41 Å². The van der Waals surface area contributed by atoms with Crippen molar-refractivity contribution in [1.82, 2.24) is 14.3 Å². The quantitative estimate of drug-likeness (QED) is 0.869. The Morgan fingerprint density at radius 1 is 1.24 bits per heavy atom. The summed E-state index contributed by atoms with van der Waals surface area (Å²) in [4.78, 5) is 12.3. The molecule has 2 heterocycles. The zero-order valence-corrected chi connectivity index (χ0v) is 13.3. The fraction of sp³-hybridized carbons (Fsp3) is 0.529. The molecule has 21 heavy (non-hydrogen) atoms. The van der Waals surface area contributed by atoms with Crippen LogP contribution in [0.4, 0.5) is 0 Å². The Morgan fingerprint density at radius 2 is 2.00 bits per heavy atom. The van der Waals surface area contributed by atoms with Gasteiger partial charge in [-0.25, -0.2) is 0 Å². The molecule has 0 unspecified atom stereocenters. The van der Waals surface area contributed by atoms with Crippen LogP contribution in [-0.4, -0.2) is 20.1 Å². The Bertz CT molecular complexity index is 691. The smallest absolute Gasteiger partial charge is 0.165 e. The Hall–Kier alpha value is -1.84. The Kier molecular flexibility index (Phi) is 3.27. The third-order valence-electron chi connectivity index (χ3n) is 4.32. The maximum Gasteiger partial charge on any atom is 0.165 e. The van der Waals surface area contributed by atoms with Crippen molar-refractivity contribution in [3.8, 4) is 0 Å². The van der Waals surface area contributed by atoms with Crippen molar-refractivity contribution < 1.29 is 4.79 Å². The van der Waals surface area contributed by atoms with E-state index in [1.165, 1.54) is 17.0 Å². The molecule has 112 valence electrons. The van der Waals surface area contributed by atoms with Crippen LogP contribution in [0.15, 0.2) is 18.5 Å². The van der Waals surface area contributed by atoms with E-state index in [9.17, 15) is 4.79 Å². The van der Waals surface area contributed by atoms with Crippen LogP contribution in [0.1, 0.15) is 47.6 Å². The summed E-state index contributed by atoms with van der Waals surface area (Å²) in [5.74, 6) is 0.290. The largest absolute Gasteiger partial charge is 0.346 e. The van der Waals surface area contributed by atoms with Crippen molar-refractivity contribution in [3.05, 3.63) is 41.0 Å². The molecule has 0 spiro atoms.